The van der Waals surface area contributed by atoms with Gasteiger partial charge in [-0.05, 0) is 41.9 Å². The summed E-state index contributed by atoms with van der Waals surface area (Å²) in [6.07, 6.45) is 1.64. The molecule has 2 heterocycles. The number of nitrogens with zero attached hydrogens (tertiary/aromatic N) is 2. The van der Waals surface area contributed by atoms with E-state index in [1.165, 1.54) is 22.5 Å². The van der Waals surface area contributed by atoms with Crippen molar-refractivity contribution in [3.8, 4) is 0 Å². The predicted molar refractivity (Wildman–Crippen MR) is 112 cm³/mol. The number of thiocarbonyl (C=S) groups is 1. The Hall–Kier alpha value is -1.56. The number of thiophene rings is 1. The van der Waals surface area contributed by atoms with Gasteiger partial charge in [0.1, 0.15) is 0 Å². The molecule has 11 heteroatoms. The first kappa shape index (κ1) is 20.2. The highest BCUT2D eigenvalue weighted by atomic mass is 35.5. The van der Waals surface area contributed by atoms with Crippen molar-refractivity contribution < 1.29 is 13.2 Å². The molecule has 0 spiro atoms. The number of hydrogen-bond donors (Lipinski definition) is 2. The Bertz CT molecular complexity index is 926. The number of morpholine rings is 1. The van der Waals surface area contributed by atoms with Gasteiger partial charge in [-0.25, -0.2) is 8.42 Å². The van der Waals surface area contributed by atoms with Crippen LogP contribution in [0.1, 0.15) is 4.88 Å². The number of rotatable bonds is 5. The number of anilines is 1. The molecule has 2 N–H and O–H groups in total. The van der Waals surface area contributed by atoms with Gasteiger partial charge in [-0.2, -0.15) is 9.41 Å². The van der Waals surface area contributed by atoms with Crippen LogP contribution < -0.4 is 10.7 Å². The smallest absolute Gasteiger partial charge is 0.243 e. The monoisotopic (exact) mass is 444 g/mol. The first-order chi connectivity index (χ1) is 13.0. The van der Waals surface area contributed by atoms with Gasteiger partial charge in [0.15, 0.2) is 5.11 Å². The van der Waals surface area contributed by atoms with Crippen molar-refractivity contribution in [3.05, 3.63) is 45.6 Å². The molecule has 1 aliphatic heterocycles. The van der Waals surface area contributed by atoms with Gasteiger partial charge < -0.3 is 10.1 Å². The number of halogens is 1. The lowest BCUT2D eigenvalue weighted by atomic mass is 10.3. The third-order valence-electron chi connectivity index (χ3n) is 3.69. The van der Waals surface area contributed by atoms with Gasteiger partial charge in [0.25, 0.3) is 0 Å². The van der Waals surface area contributed by atoms with Gasteiger partial charge in [0, 0.05) is 18.0 Å². The van der Waals surface area contributed by atoms with Crippen LogP contribution in [0.5, 0.6) is 0 Å². The zero-order chi connectivity index (χ0) is 19.3. The van der Waals surface area contributed by atoms with Crippen LogP contribution in [0.3, 0.4) is 0 Å². The van der Waals surface area contributed by atoms with Crippen LogP contribution in [0.15, 0.2) is 45.7 Å². The number of sulfonamides is 1. The molecule has 0 saturated carbocycles. The maximum Gasteiger partial charge on any atom is 0.243 e. The fourth-order valence-electron chi connectivity index (χ4n) is 2.37. The summed E-state index contributed by atoms with van der Waals surface area (Å²) in [5.41, 5.74) is 3.06. The minimum absolute atomic E-state index is 0.140. The lowest BCUT2D eigenvalue weighted by Gasteiger charge is -2.26. The van der Waals surface area contributed by atoms with Crippen molar-refractivity contribution in [1.82, 2.24) is 9.73 Å². The lowest BCUT2D eigenvalue weighted by molar-refractivity contribution is 0.0730. The van der Waals surface area contributed by atoms with E-state index in [-0.39, 0.29) is 10.0 Å². The highest BCUT2D eigenvalue weighted by Gasteiger charge is 2.26. The maximum absolute atomic E-state index is 12.8. The van der Waals surface area contributed by atoms with Gasteiger partial charge in [-0.3, -0.25) is 5.43 Å². The Kier molecular flexibility index (Phi) is 6.79. The second-order valence-corrected chi connectivity index (χ2v) is 9.23. The van der Waals surface area contributed by atoms with Crippen LogP contribution in [-0.2, 0) is 14.8 Å². The van der Waals surface area contributed by atoms with Gasteiger partial charge in [-0.1, -0.05) is 17.7 Å². The molecule has 0 aliphatic carbocycles. The first-order valence-corrected chi connectivity index (χ1v) is 11.1. The second kappa shape index (κ2) is 9.09. The average Bonchev–Trinajstić information content (AvgIpc) is 3.17. The summed E-state index contributed by atoms with van der Waals surface area (Å²) in [6.45, 7) is 1.42. The fourth-order valence-corrected chi connectivity index (χ4v) is 4.71. The molecule has 1 aliphatic rings. The van der Waals surface area contributed by atoms with Crippen LogP contribution in [0.4, 0.5) is 5.69 Å². The third-order valence-corrected chi connectivity index (χ3v) is 6.92. The SMILES string of the molecule is O=S(=O)(c1ccc(Cl)c(NC(=S)N/N=C\c2cccs2)c1)N1CCOCC1. The summed E-state index contributed by atoms with van der Waals surface area (Å²) >= 11 is 12.9. The molecule has 27 heavy (non-hydrogen) atoms. The van der Waals surface area contributed by atoms with E-state index in [0.717, 1.165) is 4.88 Å². The molecule has 1 fully saturated rings. The zero-order valence-corrected chi connectivity index (χ0v) is 17.3. The standard InChI is InChI=1S/C16H17ClN4O3S3/c17-14-4-3-13(27(22,23)21-5-7-24-8-6-21)10-15(14)19-16(25)20-18-11-12-2-1-9-26-12/h1-4,9-11H,5-8H2,(H2,19,20,25)/b18-11-. The van der Waals surface area contributed by atoms with Crippen LogP contribution in [0.2, 0.25) is 5.02 Å². The molecule has 0 amide bonds. The van der Waals surface area contributed by atoms with Crippen molar-refractivity contribution in [2.75, 3.05) is 31.6 Å². The highest BCUT2D eigenvalue weighted by Crippen LogP contribution is 2.27. The Balaban J connectivity index is 1.70. The van der Waals surface area contributed by atoms with Gasteiger partial charge in [-0.15, -0.1) is 11.3 Å². The van der Waals surface area contributed by atoms with Crippen molar-refractivity contribution in [3.63, 3.8) is 0 Å². The lowest BCUT2D eigenvalue weighted by Crippen LogP contribution is -2.40. The normalized spacial score (nSPS) is 15.7. The van der Waals surface area contributed by atoms with Crippen LogP contribution in [0, 0.1) is 0 Å². The largest absolute Gasteiger partial charge is 0.379 e. The number of nitrogens with one attached hydrogen (secondary N) is 2. The Morgan fingerprint density at radius 3 is 2.81 bits per heavy atom. The summed E-state index contributed by atoms with van der Waals surface area (Å²) in [5.74, 6) is 0. The molecule has 7 nitrogen and oxygen atoms in total. The average molecular weight is 445 g/mol. The van der Waals surface area contributed by atoms with Crippen molar-refractivity contribution in [2.45, 2.75) is 4.90 Å². The van der Waals surface area contributed by atoms with E-state index in [9.17, 15) is 8.42 Å². The quantitative estimate of drug-likeness (QED) is 0.419. The van der Waals surface area contributed by atoms with Crippen LogP contribution >= 0.6 is 35.2 Å². The molecule has 0 radical (unpaired) electrons. The summed E-state index contributed by atoms with van der Waals surface area (Å²) in [6, 6.07) is 8.30. The van der Waals surface area contributed by atoms with E-state index in [0.29, 0.717) is 37.0 Å². The fraction of sp³-hybridized carbons (Fsp3) is 0.250. The van der Waals surface area contributed by atoms with E-state index in [1.807, 2.05) is 17.5 Å². The minimum Gasteiger partial charge on any atom is -0.379 e. The number of benzene rings is 1. The molecule has 3 rings (SSSR count). The van der Waals surface area contributed by atoms with Crippen LogP contribution in [-0.4, -0.2) is 50.4 Å². The number of hydrogen-bond acceptors (Lipinski definition) is 6. The zero-order valence-electron chi connectivity index (χ0n) is 14.1. The molecular weight excluding hydrogens is 428 g/mol. The molecule has 144 valence electrons. The van der Waals surface area contributed by atoms with Crippen molar-refractivity contribution >= 4 is 62.2 Å². The van der Waals surface area contributed by atoms with Crippen molar-refractivity contribution in [1.29, 1.82) is 0 Å². The van der Waals surface area contributed by atoms with Gasteiger partial charge >= 0.3 is 0 Å². The number of ether oxygens (including phenoxy) is 1. The Morgan fingerprint density at radius 2 is 2.11 bits per heavy atom. The summed E-state index contributed by atoms with van der Waals surface area (Å²) in [7, 11) is -3.62. The molecule has 0 atom stereocenters. The second-order valence-electron chi connectivity index (χ2n) is 5.50. The van der Waals surface area contributed by atoms with E-state index >= 15 is 0 Å². The van der Waals surface area contributed by atoms with E-state index in [2.05, 4.69) is 15.8 Å². The minimum atomic E-state index is -3.62. The predicted octanol–water partition coefficient (Wildman–Crippen LogP) is 2.74. The Labute approximate surface area is 172 Å². The topological polar surface area (TPSA) is 83.0 Å². The molecule has 2 aromatic rings. The molecule has 1 saturated heterocycles. The van der Waals surface area contributed by atoms with Crippen LogP contribution in [0.25, 0.3) is 0 Å². The van der Waals surface area contributed by atoms with Crippen molar-refractivity contribution in [2.24, 2.45) is 5.10 Å². The van der Waals surface area contributed by atoms with Gasteiger partial charge in [0.2, 0.25) is 10.0 Å². The highest BCUT2D eigenvalue weighted by molar-refractivity contribution is 7.89. The van der Waals surface area contributed by atoms with E-state index in [1.54, 1.807) is 17.6 Å². The Morgan fingerprint density at radius 1 is 1.33 bits per heavy atom. The van der Waals surface area contributed by atoms with E-state index < -0.39 is 10.0 Å². The molecular formula is C16H17ClN4O3S3. The molecule has 1 aromatic carbocycles. The summed E-state index contributed by atoms with van der Waals surface area (Å²) in [4.78, 5) is 1.11. The van der Waals surface area contributed by atoms with Gasteiger partial charge in [0.05, 0.1) is 35.0 Å². The molecule has 0 unspecified atom stereocenters. The summed E-state index contributed by atoms with van der Waals surface area (Å²) in [5, 5.41) is 9.40. The maximum atomic E-state index is 12.8. The van der Waals surface area contributed by atoms with E-state index in [4.69, 9.17) is 28.6 Å². The number of hydrazone groups is 1. The molecule has 0 bridgehead atoms. The summed E-state index contributed by atoms with van der Waals surface area (Å²) < 4.78 is 32.1. The first-order valence-electron chi connectivity index (χ1n) is 7.98. The molecule has 1 aromatic heterocycles. The third kappa shape index (κ3) is 5.24.